The van der Waals surface area contributed by atoms with Gasteiger partial charge in [0, 0.05) is 6.54 Å². The fourth-order valence-electron chi connectivity index (χ4n) is 2.56. The molecule has 0 bridgehead atoms. The van der Waals surface area contributed by atoms with Crippen LogP contribution < -0.4 is 11.1 Å². The molecule has 0 saturated heterocycles. The second kappa shape index (κ2) is 6.17. The predicted molar refractivity (Wildman–Crippen MR) is 74.4 cm³/mol. The van der Waals surface area contributed by atoms with Crippen molar-refractivity contribution >= 4 is 5.91 Å². The maximum atomic E-state index is 12.0. The molecule has 19 heavy (non-hydrogen) atoms. The Morgan fingerprint density at radius 2 is 1.89 bits per heavy atom. The number of nitrogens with one attached hydrogen (secondary N) is 1. The quantitative estimate of drug-likeness (QED) is 0.769. The molecule has 1 saturated carbocycles. The molecular weight excluding hydrogens is 240 g/mol. The van der Waals surface area contributed by atoms with Gasteiger partial charge in [-0.1, -0.05) is 49.6 Å². The minimum absolute atomic E-state index is 0.231. The van der Waals surface area contributed by atoms with Crippen LogP contribution in [0.5, 0.6) is 0 Å². The van der Waals surface area contributed by atoms with Gasteiger partial charge in [-0.2, -0.15) is 0 Å². The molecule has 0 aromatic heterocycles. The van der Waals surface area contributed by atoms with Crippen molar-refractivity contribution in [2.24, 2.45) is 5.73 Å². The van der Waals surface area contributed by atoms with Gasteiger partial charge in [0.2, 0.25) is 5.91 Å². The first kappa shape index (κ1) is 14.0. The van der Waals surface area contributed by atoms with E-state index in [4.69, 9.17) is 5.73 Å². The van der Waals surface area contributed by atoms with Gasteiger partial charge in [0.25, 0.3) is 0 Å². The summed E-state index contributed by atoms with van der Waals surface area (Å²) in [7, 11) is 0. The lowest BCUT2D eigenvalue weighted by Crippen LogP contribution is -2.46. The number of hydrogen-bond donors (Lipinski definition) is 3. The summed E-state index contributed by atoms with van der Waals surface area (Å²) >= 11 is 0. The third-order valence-corrected chi connectivity index (χ3v) is 3.82. The van der Waals surface area contributed by atoms with Crippen LogP contribution in [0, 0.1) is 0 Å². The average molecular weight is 262 g/mol. The SMILES string of the molecule is NC(C(=O)NCC1(O)CCCCC1)c1ccccc1. The van der Waals surface area contributed by atoms with Gasteiger partial charge in [0.15, 0.2) is 0 Å². The lowest BCUT2D eigenvalue weighted by atomic mass is 9.85. The molecule has 1 fully saturated rings. The van der Waals surface area contributed by atoms with Crippen molar-refractivity contribution in [1.29, 1.82) is 0 Å². The monoisotopic (exact) mass is 262 g/mol. The van der Waals surface area contributed by atoms with Crippen molar-refractivity contribution in [3.8, 4) is 0 Å². The van der Waals surface area contributed by atoms with Crippen LogP contribution >= 0.6 is 0 Å². The van der Waals surface area contributed by atoms with E-state index in [0.29, 0.717) is 6.54 Å². The normalized spacial score (nSPS) is 19.7. The molecule has 1 unspecified atom stereocenters. The maximum Gasteiger partial charge on any atom is 0.241 e. The molecule has 0 heterocycles. The van der Waals surface area contributed by atoms with Gasteiger partial charge >= 0.3 is 0 Å². The maximum absolute atomic E-state index is 12.0. The molecule has 0 radical (unpaired) electrons. The van der Waals surface area contributed by atoms with Crippen LogP contribution in [0.4, 0.5) is 0 Å². The molecule has 2 rings (SSSR count). The summed E-state index contributed by atoms with van der Waals surface area (Å²) in [5.74, 6) is -0.231. The molecule has 104 valence electrons. The highest BCUT2D eigenvalue weighted by molar-refractivity contribution is 5.82. The van der Waals surface area contributed by atoms with Gasteiger partial charge in [-0.25, -0.2) is 0 Å². The topological polar surface area (TPSA) is 75.4 Å². The first-order valence-corrected chi connectivity index (χ1v) is 6.91. The van der Waals surface area contributed by atoms with E-state index in [0.717, 1.165) is 31.2 Å². The van der Waals surface area contributed by atoms with Crippen LogP contribution in [-0.4, -0.2) is 23.2 Å². The number of rotatable bonds is 4. The zero-order valence-electron chi connectivity index (χ0n) is 11.1. The summed E-state index contributed by atoms with van der Waals surface area (Å²) < 4.78 is 0. The lowest BCUT2D eigenvalue weighted by Gasteiger charge is -2.32. The van der Waals surface area contributed by atoms with E-state index in [1.807, 2.05) is 30.3 Å². The third kappa shape index (κ3) is 3.78. The Morgan fingerprint density at radius 3 is 2.53 bits per heavy atom. The molecule has 0 aliphatic heterocycles. The lowest BCUT2D eigenvalue weighted by molar-refractivity contribution is -0.124. The Balaban J connectivity index is 1.87. The van der Waals surface area contributed by atoms with E-state index >= 15 is 0 Å². The molecule has 1 amide bonds. The Bertz CT molecular complexity index is 413. The summed E-state index contributed by atoms with van der Waals surface area (Å²) in [4.78, 5) is 12.0. The first-order chi connectivity index (χ1) is 9.11. The van der Waals surface area contributed by atoms with E-state index in [-0.39, 0.29) is 5.91 Å². The highest BCUT2D eigenvalue weighted by atomic mass is 16.3. The van der Waals surface area contributed by atoms with E-state index in [1.54, 1.807) is 0 Å². The molecule has 4 nitrogen and oxygen atoms in total. The molecule has 1 aliphatic carbocycles. The van der Waals surface area contributed by atoms with E-state index < -0.39 is 11.6 Å². The summed E-state index contributed by atoms with van der Waals surface area (Å²) in [6, 6.07) is 8.60. The van der Waals surface area contributed by atoms with Gasteiger partial charge in [-0.05, 0) is 18.4 Å². The van der Waals surface area contributed by atoms with Gasteiger partial charge in [0.05, 0.1) is 5.60 Å². The average Bonchev–Trinajstić information content (AvgIpc) is 2.46. The Labute approximate surface area is 114 Å². The van der Waals surface area contributed by atoms with E-state index in [9.17, 15) is 9.90 Å². The van der Waals surface area contributed by atoms with Gasteiger partial charge in [-0.3, -0.25) is 4.79 Å². The third-order valence-electron chi connectivity index (χ3n) is 3.82. The molecule has 1 aromatic carbocycles. The second-order valence-corrected chi connectivity index (χ2v) is 5.39. The van der Waals surface area contributed by atoms with Crippen LogP contribution in [-0.2, 0) is 4.79 Å². The van der Waals surface area contributed by atoms with Crippen molar-refractivity contribution in [1.82, 2.24) is 5.32 Å². The van der Waals surface area contributed by atoms with Crippen LogP contribution in [0.3, 0.4) is 0 Å². The van der Waals surface area contributed by atoms with Gasteiger partial charge < -0.3 is 16.2 Å². The number of carbonyl (C=O) groups excluding carboxylic acids is 1. The van der Waals surface area contributed by atoms with Crippen LogP contribution in [0.15, 0.2) is 30.3 Å². The number of benzene rings is 1. The molecule has 1 aromatic rings. The number of hydrogen-bond acceptors (Lipinski definition) is 3. The number of aliphatic hydroxyl groups is 1. The molecular formula is C15H22N2O2. The fraction of sp³-hybridized carbons (Fsp3) is 0.533. The molecule has 0 spiro atoms. The van der Waals surface area contributed by atoms with Crippen molar-refractivity contribution in [3.63, 3.8) is 0 Å². The Hall–Kier alpha value is -1.39. The number of carbonyl (C=O) groups is 1. The zero-order valence-corrected chi connectivity index (χ0v) is 11.1. The highest BCUT2D eigenvalue weighted by Gasteiger charge is 2.30. The largest absolute Gasteiger partial charge is 0.388 e. The second-order valence-electron chi connectivity index (χ2n) is 5.39. The molecule has 1 aliphatic rings. The van der Waals surface area contributed by atoms with E-state index in [2.05, 4.69) is 5.32 Å². The van der Waals surface area contributed by atoms with Crippen molar-refractivity contribution in [2.45, 2.75) is 43.7 Å². The standard InChI is InChI=1S/C15H22N2O2/c16-13(12-7-3-1-4-8-12)14(18)17-11-15(19)9-5-2-6-10-15/h1,3-4,7-8,13,19H,2,5-6,9-11,16H2,(H,17,18). The summed E-state index contributed by atoms with van der Waals surface area (Å²) in [5.41, 5.74) is 5.95. The minimum atomic E-state index is -0.746. The van der Waals surface area contributed by atoms with E-state index in [1.165, 1.54) is 6.42 Å². The van der Waals surface area contributed by atoms with Crippen LogP contribution in [0.1, 0.15) is 43.7 Å². The van der Waals surface area contributed by atoms with Crippen LogP contribution in [0.2, 0.25) is 0 Å². The fourth-order valence-corrected chi connectivity index (χ4v) is 2.56. The first-order valence-electron chi connectivity index (χ1n) is 6.91. The Kier molecular flexibility index (Phi) is 4.56. The minimum Gasteiger partial charge on any atom is -0.388 e. The zero-order chi connectivity index (χ0) is 13.7. The molecule has 4 N–H and O–H groups in total. The van der Waals surface area contributed by atoms with Gasteiger partial charge in [-0.15, -0.1) is 0 Å². The summed E-state index contributed by atoms with van der Waals surface area (Å²) in [5, 5.41) is 13.1. The number of nitrogens with two attached hydrogens (primary N) is 1. The predicted octanol–water partition coefficient (Wildman–Crippen LogP) is 1.50. The smallest absolute Gasteiger partial charge is 0.241 e. The molecule has 1 atom stereocenters. The van der Waals surface area contributed by atoms with Crippen molar-refractivity contribution in [3.05, 3.63) is 35.9 Å². The highest BCUT2D eigenvalue weighted by Crippen LogP contribution is 2.27. The summed E-state index contributed by atoms with van der Waals surface area (Å²) in [6.45, 7) is 0.298. The van der Waals surface area contributed by atoms with Gasteiger partial charge in [0.1, 0.15) is 6.04 Å². The van der Waals surface area contributed by atoms with Crippen LogP contribution in [0.25, 0.3) is 0 Å². The van der Waals surface area contributed by atoms with Crippen molar-refractivity contribution in [2.75, 3.05) is 6.54 Å². The summed E-state index contributed by atoms with van der Waals surface area (Å²) in [6.07, 6.45) is 4.73. The molecule has 4 heteroatoms. The number of amides is 1. The Morgan fingerprint density at radius 1 is 1.26 bits per heavy atom. The van der Waals surface area contributed by atoms with Crippen molar-refractivity contribution < 1.29 is 9.90 Å².